The summed E-state index contributed by atoms with van der Waals surface area (Å²) < 4.78 is 10.7. The van der Waals surface area contributed by atoms with Crippen molar-refractivity contribution in [1.29, 1.82) is 0 Å². The van der Waals surface area contributed by atoms with Crippen molar-refractivity contribution in [2.45, 2.75) is 20.3 Å². The normalized spacial score (nSPS) is 10.1. The minimum Gasteiger partial charge on any atom is -0.497 e. The first-order valence-electron chi connectivity index (χ1n) is 7.33. The summed E-state index contributed by atoms with van der Waals surface area (Å²) in [5, 5.41) is 2.91. The molecule has 0 saturated heterocycles. The molecule has 0 atom stereocenters. The van der Waals surface area contributed by atoms with Crippen molar-refractivity contribution < 1.29 is 14.3 Å². The van der Waals surface area contributed by atoms with E-state index in [4.69, 9.17) is 9.47 Å². The maximum Gasteiger partial charge on any atom is 0.255 e. The molecule has 0 aromatic heterocycles. The molecular formula is C18H21NO3. The van der Waals surface area contributed by atoms with Crippen molar-refractivity contribution in [3.8, 4) is 11.5 Å². The lowest BCUT2D eigenvalue weighted by Gasteiger charge is -2.10. The van der Waals surface area contributed by atoms with Gasteiger partial charge in [0.2, 0.25) is 0 Å². The molecule has 1 amide bonds. The topological polar surface area (TPSA) is 47.6 Å². The second-order valence-electron chi connectivity index (χ2n) is 5.01. The van der Waals surface area contributed by atoms with E-state index in [1.807, 2.05) is 37.3 Å². The number of amides is 1. The number of rotatable bonds is 6. The first kappa shape index (κ1) is 15.9. The van der Waals surface area contributed by atoms with E-state index in [0.29, 0.717) is 12.2 Å². The molecule has 0 bridgehead atoms. The third-order valence-electron chi connectivity index (χ3n) is 3.27. The summed E-state index contributed by atoms with van der Waals surface area (Å²) in [4.78, 5) is 12.3. The van der Waals surface area contributed by atoms with E-state index in [-0.39, 0.29) is 5.91 Å². The molecule has 0 heterocycles. The van der Waals surface area contributed by atoms with Gasteiger partial charge in [-0.2, -0.15) is 0 Å². The van der Waals surface area contributed by atoms with Crippen LogP contribution in [0.3, 0.4) is 0 Å². The average molecular weight is 299 g/mol. The predicted octanol–water partition coefficient (Wildman–Crippen LogP) is 4.04. The van der Waals surface area contributed by atoms with Crippen LogP contribution in [0.25, 0.3) is 0 Å². The lowest BCUT2D eigenvalue weighted by Crippen LogP contribution is -2.12. The minimum atomic E-state index is -0.143. The van der Waals surface area contributed by atoms with Crippen molar-refractivity contribution in [2.75, 3.05) is 19.0 Å². The van der Waals surface area contributed by atoms with E-state index in [0.717, 1.165) is 29.2 Å². The van der Waals surface area contributed by atoms with Gasteiger partial charge in [-0.3, -0.25) is 4.79 Å². The first-order chi connectivity index (χ1) is 10.6. The monoisotopic (exact) mass is 299 g/mol. The zero-order valence-corrected chi connectivity index (χ0v) is 13.2. The Balaban J connectivity index is 2.05. The third-order valence-corrected chi connectivity index (χ3v) is 3.27. The number of anilines is 1. The van der Waals surface area contributed by atoms with Gasteiger partial charge in [-0.25, -0.2) is 0 Å². The summed E-state index contributed by atoms with van der Waals surface area (Å²) in [5.74, 6) is 1.40. The number of carbonyl (C=O) groups is 1. The summed E-state index contributed by atoms with van der Waals surface area (Å²) in [5.41, 5.74) is 2.33. The highest BCUT2D eigenvalue weighted by Gasteiger charge is 2.08. The van der Waals surface area contributed by atoms with Gasteiger partial charge in [0.15, 0.2) is 0 Å². The number of hydrogen-bond acceptors (Lipinski definition) is 3. The SMILES string of the molecule is CCCOc1ccc(C(=O)Nc2ccc(OC)cc2C)cc1. The second-order valence-corrected chi connectivity index (χ2v) is 5.01. The molecule has 0 fully saturated rings. The van der Waals surface area contributed by atoms with Crippen molar-refractivity contribution in [2.24, 2.45) is 0 Å². The van der Waals surface area contributed by atoms with Gasteiger partial charge in [0, 0.05) is 11.3 Å². The molecule has 1 N–H and O–H groups in total. The maximum atomic E-state index is 12.3. The van der Waals surface area contributed by atoms with Crippen molar-refractivity contribution in [3.05, 3.63) is 53.6 Å². The molecule has 22 heavy (non-hydrogen) atoms. The van der Waals surface area contributed by atoms with Crippen molar-refractivity contribution in [3.63, 3.8) is 0 Å². The Morgan fingerprint density at radius 3 is 2.36 bits per heavy atom. The predicted molar refractivity (Wildman–Crippen MR) is 87.9 cm³/mol. The van der Waals surface area contributed by atoms with Gasteiger partial charge in [-0.15, -0.1) is 0 Å². The number of benzene rings is 2. The molecule has 0 unspecified atom stereocenters. The van der Waals surface area contributed by atoms with Crippen LogP contribution in [0, 0.1) is 6.92 Å². The van der Waals surface area contributed by atoms with Gasteiger partial charge in [-0.1, -0.05) is 6.92 Å². The molecular weight excluding hydrogens is 278 g/mol. The largest absolute Gasteiger partial charge is 0.497 e. The van der Waals surface area contributed by atoms with E-state index in [1.165, 1.54) is 0 Å². The van der Waals surface area contributed by atoms with Crippen LogP contribution in [0.4, 0.5) is 5.69 Å². The van der Waals surface area contributed by atoms with Gasteiger partial charge in [0.1, 0.15) is 11.5 Å². The molecule has 2 aromatic rings. The van der Waals surface area contributed by atoms with Gasteiger partial charge in [0.05, 0.1) is 13.7 Å². The molecule has 0 aliphatic carbocycles. The Morgan fingerprint density at radius 1 is 1.09 bits per heavy atom. The highest BCUT2D eigenvalue weighted by molar-refractivity contribution is 6.04. The third kappa shape index (κ3) is 4.01. The lowest BCUT2D eigenvalue weighted by molar-refractivity contribution is 0.102. The minimum absolute atomic E-state index is 0.143. The Morgan fingerprint density at radius 2 is 1.77 bits per heavy atom. The summed E-state index contributed by atoms with van der Waals surface area (Å²) in [6, 6.07) is 12.7. The summed E-state index contributed by atoms with van der Waals surface area (Å²) >= 11 is 0. The zero-order valence-electron chi connectivity index (χ0n) is 13.2. The number of ether oxygens (including phenoxy) is 2. The molecule has 4 heteroatoms. The fourth-order valence-corrected chi connectivity index (χ4v) is 2.02. The van der Waals surface area contributed by atoms with Gasteiger partial charge in [-0.05, 0) is 61.4 Å². The van der Waals surface area contributed by atoms with Crippen LogP contribution in [0.5, 0.6) is 11.5 Å². The van der Waals surface area contributed by atoms with Crippen LogP contribution < -0.4 is 14.8 Å². The number of hydrogen-bond donors (Lipinski definition) is 1. The standard InChI is InChI=1S/C18H21NO3/c1-4-11-22-15-7-5-14(6-8-15)18(20)19-17-10-9-16(21-3)12-13(17)2/h5-10,12H,4,11H2,1-3H3,(H,19,20). The summed E-state index contributed by atoms with van der Waals surface area (Å²) in [6.07, 6.45) is 0.957. The van der Waals surface area contributed by atoms with Crippen LogP contribution >= 0.6 is 0 Å². The number of aryl methyl sites for hydroxylation is 1. The highest BCUT2D eigenvalue weighted by Crippen LogP contribution is 2.22. The fourth-order valence-electron chi connectivity index (χ4n) is 2.02. The quantitative estimate of drug-likeness (QED) is 0.875. The van der Waals surface area contributed by atoms with Crippen LogP contribution in [0.15, 0.2) is 42.5 Å². The molecule has 0 spiro atoms. The van der Waals surface area contributed by atoms with Crippen molar-refractivity contribution in [1.82, 2.24) is 0 Å². The first-order valence-corrected chi connectivity index (χ1v) is 7.33. The highest BCUT2D eigenvalue weighted by atomic mass is 16.5. The molecule has 0 aliphatic heterocycles. The number of methoxy groups -OCH3 is 1. The lowest BCUT2D eigenvalue weighted by atomic mass is 10.1. The molecule has 0 radical (unpaired) electrons. The van der Waals surface area contributed by atoms with E-state index in [2.05, 4.69) is 12.2 Å². The molecule has 116 valence electrons. The van der Waals surface area contributed by atoms with Gasteiger partial charge in [0.25, 0.3) is 5.91 Å². The Kier molecular flexibility index (Phi) is 5.42. The molecule has 2 aromatic carbocycles. The van der Waals surface area contributed by atoms with Crippen LogP contribution in [-0.2, 0) is 0 Å². The molecule has 0 aliphatic rings. The Hall–Kier alpha value is -2.49. The van der Waals surface area contributed by atoms with E-state index in [1.54, 1.807) is 19.2 Å². The summed E-state index contributed by atoms with van der Waals surface area (Å²) in [7, 11) is 1.62. The van der Waals surface area contributed by atoms with Gasteiger partial charge >= 0.3 is 0 Å². The molecule has 0 saturated carbocycles. The maximum absolute atomic E-state index is 12.3. The van der Waals surface area contributed by atoms with Crippen molar-refractivity contribution >= 4 is 11.6 Å². The smallest absolute Gasteiger partial charge is 0.255 e. The second kappa shape index (κ2) is 7.50. The Labute approximate surface area is 131 Å². The average Bonchev–Trinajstić information content (AvgIpc) is 2.55. The molecule has 4 nitrogen and oxygen atoms in total. The van der Waals surface area contributed by atoms with E-state index < -0.39 is 0 Å². The summed E-state index contributed by atoms with van der Waals surface area (Å²) in [6.45, 7) is 4.66. The number of nitrogens with one attached hydrogen (secondary N) is 1. The number of carbonyl (C=O) groups excluding carboxylic acids is 1. The van der Waals surface area contributed by atoms with Crippen LogP contribution in [-0.4, -0.2) is 19.6 Å². The van der Waals surface area contributed by atoms with Gasteiger partial charge < -0.3 is 14.8 Å². The van der Waals surface area contributed by atoms with Crippen LogP contribution in [0.2, 0.25) is 0 Å². The zero-order chi connectivity index (χ0) is 15.9. The van der Waals surface area contributed by atoms with E-state index in [9.17, 15) is 4.79 Å². The fraction of sp³-hybridized carbons (Fsp3) is 0.278. The van der Waals surface area contributed by atoms with Crippen LogP contribution in [0.1, 0.15) is 29.3 Å². The Bertz CT molecular complexity index is 635. The van der Waals surface area contributed by atoms with E-state index >= 15 is 0 Å². The molecule has 2 rings (SSSR count).